The summed E-state index contributed by atoms with van der Waals surface area (Å²) < 4.78 is 65.5. The molecule has 0 spiro atoms. The van der Waals surface area contributed by atoms with Gasteiger partial charge in [-0.15, -0.1) is 0 Å². The summed E-state index contributed by atoms with van der Waals surface area (Å²) in [5.74, 6) is -1.20. The van der Waals surface area contributed by atoms with E-state index in [2.05, 4.69) is 5.10 Å². The van der Waals surface area contributed by atoms with Crippen molar-refractivity contribution in [3.05, 3.63) is 107 Å². The molecule has 0 fully saturated rings. The quantitative estimate of drug-likeness (QED) is 0.212. The molecule has 4 rings (SSSR count). The summed E-state index contributed by atoms with van der Waals surface area (Å²) in [6.07, 6.45) is 4.37. The van der Waals surface area contributed by atoms with Gasteiger partial charge in [-0.05, 0) is 61.9 Å². The van der Waals surface area contributed by atoms with Gasteiger partial charge in [-0.25, -0.2) is 17.2 Å². The number of aryl methyl sites for hydroxylation is 2. The van der Waals surface area contributed by atoms with Gasteiger partial charge in [0.25, 0.3) is 10.0 Å². The molecule has 0 bridgehead atoms. The summed E-state index contributed by atoms with van der Waals surface area (Å²) in [7, 11) is -4.33. The monoisotopic (exact) mass is 545 g/mol. The third-order valence-corrected chi connectivity index (χ3v) is 7.94. The van der Waals surface area contributed by atoms with Crippen LogP contribution in [0.2, 0.25) is 5.02 Å². The largest absolute Gasteiger partial charge is 0.493 e. The summed E-state index contributed by atoms with van der Waals surface area (Å²) in [6, 6.07) is 14.2. The van der Waals surface area contributed by atoms with Gasteiger partial charge in [-0.3, -0.25) is 8.99 Å². The Labute approximate surface area is 220 Å². The van der Waals surface area contributed by atoms with Crippen molar-refractivity contribution in [2.24, 2.45) is 0 Å². The fraction of sp³-hybridized carbons (Fsp3) is 0.222. The molecule has 37 heavy (non-hydrogen) atoms. The van der Waals surface area contributed by atoms with E-state index >= 15 is 0 Å². The minimum atomic E-state index is -4.33. The normalized spacial score (nSPS) is 12.4. The lowest BCUT2D eigenvalue weighted by molar-refractivity contribution is 0.294. The molecule has 0 unspecified atom stereocenters. The molecule has 194 valence electrons. The van der Waals surface area contributed by atoms with Gasteiger partial charge in [-0.1, -0.05) is 29.8 Å². The van der Waals surface area contributed by atoms with Crippen molar-refractivity contribution in [3.8, 4) is 5.75 Å². The van der Waals surface area contributed by atoms with Crippen LogP contribution in [0.15, 0.2) is 84.0 Å². The summed E-state index contributed by atoms with van der Waals surface area (Å²) >= 11 is 5.94. The number of benzene rings is 3. The minimum absolute atomic E-state index is 0.111. The van der Waals surface area contributed by atoms with Crippen LogP contribution in [0.25, 0.3) is 0 Å². The van der Waals surface area contributed by atoms with E-state index in [4.69, 9.17) is 16.3 Å². The molecule has 0 N–H and O–H groups in total. The predicted molar refractivity (Wildman–Crippen MR) is 139 cm³/mol. The summed E-state index contributed by atoms with van der Waals surface area (Å²) in [6.45, 7) is 4.56. The second-order valence-corrected chi connectivity index (χ2v) is 10.8. The molecular formula is C27H26ClF2N3O3S. The van der Waals surface area contributed by atoms with Gasteiger partial charge >= 0.3 is 0 Å². The summed E-state index contributed by atoms with van der Waals surface area (Å²) in [5.41, 5.74) is 1.15. The highest BCUT2D eigenvalue weighted by atomic mass is 35.5. The van der Waals surface area contributed by atoms with Crippen LogP contribution in [-0.2, 0) is 16.6 Å². The molecule has 0 aliphatic carbocycles. The lowest BCUT2D eigenvalue weighted by Crippen LogP contribution is -2.34. The number of hydrogen-bond donors (Lipinski definition) is 0. The first kappa shape index (κ1) is 26.6. The van der Waals surface area contributed by atoms with Crippen LogP contribution in [0.4, 0.5) is 14.5 Å². The number of para-hydroxylation sites is 1. The zero-order valence-corrected chi connectivity index (χ0v) is 21.9. The second kappa shape index (κ2) is 11.3. The maximum Gasteiger partial charge on any atom is 0.264 e. The number of ether oxygens (including phenoxy) is 1. The molecule has 0 saturated heterocycles. The van der Waals surface area contributed by atoms with Gasteiger partial charge in [-0.2, -0.15) is 5.10 Å². The highest BCUT2D eigenvalue weighted by Gasteiger charge is 2.34. The van der Waals surface area contributed by atoms with Crippen LogP contribution in [0, 0.1) is 18.6 Å². The molecule has 0 saturated carbocycles. The van der Waals surface area contributed by atoms with Crippen molar-refractivity contribution in [1.82, 2.24) is 9.78 Å². The SMILES string of the molecule is Cc1cnn(CCCOc2ccccc2[C@@H](C)N(c2cc(F)ccc2F)S(=O)(=O)c2ccc(Cl)cc2)c1. The Balaban J connectivity index is 1.67. The van der Waals surface area contributed by atoms with Gasteiger partial charge in [0.05, 0.1) is 29.4 Å². The van der Waals surface area contributed by atoms with Gasteiger partial charge in [0.15, 0.2) is 0 Å². The van der Waals surface area contributed by atoms with Crippen molar-refractivity contribution in [2.45, 2.75) is 37.8 Å². The number of rotatable bonds is 10. The van der Waals surface area contributed by atoms with E-state index < -0.39 is 33.4 Å². The van der Waals surface area contributed by atoms with E-state index in [9.17, 15) is 17.2 Å². The molecule has 1 heterocycles. The first-order valence-corrected chi connectivity index (χ1v) is 13.4. The van der Waals surface area contributed by atoms with Gasteiger partial charge in [0.2, 0.25) is 0 Å². The van der Waals surface area contributed by atoms with Crippen LogP contribution in [0.5, 0.6) is 5.75 Å². The Kier molecular flexibility index (Phi) is 8.14. The number of halogens is 3. The predicted octanol–water partition coefficient (Wildman–Crippen LogP) is 6.55. The number of nitrogens with zero attached hydrogens (tertiary/aromatic N) is 3. The third kappa shape index (κ3) is 6.11. The number of hydrogen-bond acceptors (Lipinski definition) is 4. The maximum atomic E-state index is 15.0. The average molecular weight is 546 g/mol. The smallest absolute Gasteiger partial charge is 0.264 e. The van der Waals surface area contributed by atoms with E-state index in [1.807, 2.05) is 17.8 Å². The Bertz CT molecular complexity index is 1480. The van der Waals surface area contributed by atoms with E-state index in [0.29, 0.717) is 35.9 Å². The summed E-state index contributed by atoms with van der Waals surface area (Å²) in [5, 5.41) is 4.60. The molecule has 1 aromatic heterocycles. The zero-order valence-electron chi connectivity index (χ0n) is 20.3. The number of anilines is 1. The van der Waals surface area contributed by atoms with Gasteiger partial charge < -0.3 is 4.74 Å². The lowest BCUT2D eigenvalue weighted by Gasteiger charge is -2.32. The Morgan fingerprint density at radius 1 is 1.08 bits per heavy atom. The molecule has 4 aromatic rings. The lowest BCUT2D eigenvalue weighted by atomic mass is 10.1. The van der Waals surface area contributed by atoms with Crippen molar-refractivity contribution >= 4 is 27.3 Å². The second-order valence-electron chi connectivity index (χ2n) is 8.55. The standard InChI is InChI=1S/C27H26ClF2N3O3S/c1-19-17-31-32(18-19)14-5-15-36-27-7-4-3-6-24(27)20(2)33(26-16-22(29)10-13-25(26)30)37(34,35)23-11-8-21(28)9-12-23/h3-4,6-13,16-18,20H,5,14-15H2,1-2H3/t20-/m1/s1. The molecule has 6 nitrogen and oxygen atoms in total. The van der Waals surface area contributed by atoms with Crippen molar-refractivity contribution in [3.63, 3.8) is 0 Å². The first-order chi connectivity index (χ1) is 17.7. The van der Waals surface area contributed by atoms with Gasteiger partial charge in [0, 0.05) is 35.8 Å². The highest BCUT2D eigenvalue weighted by molar-refractivity contribution is 7.92. The minimum Gasteiger partial charge on any atom is -0.493 e. The number of sulfonamides is 1. The van der Waals surface area contributed by atoms with Crippen LogP contribution >= 0.6 is 11.6 Å². The molecule has 10 heteroatoms. The highest BCUT2D eigenvalue weighted by Crippen LogP contribution is 2.38. The Hall–Kier alpha value is -3.43. The first-order valence-electron chi connectivity index (χ1n) is 11.6. The molecular weight excluding hydrogens is 520 g/mol. The fourth-order valence-corrected chi connectivity index (χ4v) is 5.76. The fourth-order valence-electron chi connectivity index (χ4n) is 4.00. The van der Waals surface area contributed by atoms with Crippen molar-refractivity contribution < 1.29 is 21.9 Å². The van der Waals surface area contributed by atoms with E-state index in [-0.39, 0.29) is 4.90 Å². The molecule has 0 aliphatic heterocycles. The van der Waals surface area contributed by atoms with E-state index in [1.54, 1.807) is 37.4 Å². The molecule has 3 aromatic carbocycles. The van der Waals surface area contributed by atoms with E-state index in [1.165, 1.54) is 24.3 Å². The van der Waals surface area contributed by atoms with E-state index in [0.717, 1.165) is 28.1 Å². The number of aromatic nitrogens is 2. The third-order valence-electron chi connectivity index (χ3n) is 5.79. The zero-order chi connectivity index (χ0) is 26.6. The van der Waals surface area contributed by atoms with Crippen molar-refractivity contribution in [1.29, 1.82) is 0 Å². The molecule has 1 atom stereocenters. The molecule has 0 radical (unpaired) electrons. The Morgan fingerprint density at radius 2 is 1.81 bits per heavy atom. The van der Waals surface area contributed by atoms with Crippen LogP contribution in [0.1, 0.15) is 30.5 Å². The van der Waals surface area contributed by atoms with Crippen LogP contribution in [-0.4, -0.2) is 24.8 Å². The molecule has 0 aliphatic rings. The van der Waals surface area contributed by atoms with Crippen molar-refractivity contribution in [2.75, 3.05) is 10.9 Å². The topological polar surface area (TPSA) is 64.4 Å². The Morgan fingerprint density at radius 3 is 2.51 bits per heavy atom. The van der Waals surface area contributed by atoms with Crippen LogP contribution < -0.4 is 9.04 Å². The molecule has 0 amide bonds. The van der Waals surface area contributed by atoms with Crippen LogP contribution in [0.3, 0.4) is 0 Å². The average Bonchev–Trinajstić information content (AvgIpc) is 3.29. The maximum absolute atomic E-state index is 15.0. The summed E-state index contributed by atoms with van der Waals surface area (Å²) in [4.78, 5) is -0.111. The van der Waals surface area contributed by atoms with Gasteiger partial charge in [0.1, 0.15) is 17.4 Å².